The number of amides is 1. The minimum Gasteiger partial charge on any atom is -0.380 e. The van der Waals surface area contributed by atoms with Gasteiger partial charge < -0.3 is 10.6 Å². The molecule has 2 rings (SSSR count). The average Bonchev–Trinajstić information content (AvgIpc) is 2.88. The highest BCUT2D eigenvalue weighted by atomic mass is 32.1. The summed E-state index contributed by atoms with van der Waals surface area (Å²) in [6.45, 7) is 3.88. The van der Waals surface area contributed by atoms with Gasteiger partial charge in [-0.1, -0.05) is 17.4 Å². The Morgan fingerprint density at radius 2 is 2.10 bits per heavy atom. The summed E-state index contributed by atoms with van der Waals surface area (Å²) in [5, 5.41) is 16.7. The normalized spacial score (nSPS) is 10.2. The van der Waals surface area contributed by atoms with Gasteiger partial charge in [-0.3, -0.25) is 14.9 Å². The van der Waals surface area contributed by atoms with Crippen molar-refractivity contribution in [3.8, 4) is 0 Å². The predicted octanol–water partition coefficient (Wildman–Crippen LogP) is 3.54. The van der Waals surface area contributed by atoms with Crippen molar-refractivity contribution in [2.24, 2.45) is 0 Å². The van der Waals surface area contributed by atoms with Gasteiger partial charge in [0.1, 0.15) is 0 Å². The molecule has 1 aromatic heterocycles. The quantitative estimate of drug-likeness (QED) is 0.653. The van der Waals surface area contributed by atoms with Crippen LogP contribution >= 0.6 is 11.3 Å². The summed E-state index contributed by atoms with van der Waals surface area (Å²) < 4.78 is 0. The van der Waals surface area contributed by atoms with Crippen LogP contribution in [0, 0.1) is 17.0 Å². The molecule has 7 heteroatoms. The predicted molar refractivity (Wildman–Crippen MR) is 83.8 cm³/mol. The van der Waals surface area contributed by atoms with E-state index in [0.717, 1.165) is 33.2 Å². The average molecular weight is 305 g/mol. The third kappa shape index (κ3) is 4.03. The summed E-state index contributed by atoms with van der Waals surface area (Å²) in [6, 6.07) is 8.89. The van der Waals surface area contributed by atoms with Gasteiger partial charge in [-0.2, -0.15) is 0 Å². The molecule has 1 aromatic carbocycles. The first-order valence-corrected chi connectivity index (χ1v) is 7.12. The standard InChI is InChI=1S/C14H15N3O3S/c1-9-3-4-11(7-13(9)16-10(2)18)15-8-12-5-6-14(21-12)17(19)20/h3-7,15H,8H2,1-2H3,(H,16,18). The number of aryl methyl sites for hydroxylation is 1. The topological polar surface area (TPSA) is 84.3 Å². The fourth-order valence-electron chi connectivity index (χ4n) is 1.81. The number of carbonyl (C=O) groups excluding carboxylic acids is 1. The molecule has 1 amide bonds. The molecule has 0 fully saturated rings. The lowest BCUT2D eigenvalue weighted by Gasteiger charge is -2.10. The van der Waals surface area contributed by atoms with Crippen molar-refractivity contribution in [1.29, 1.82) is 0 Å². The molecule has 0 aliphatic rings. The van der Waals surface area contributed by atoms with Gasteiger partial charge in [-0.05, 0) is 30.7 Å². The first-order valence-electron chi connectivity index (χ1n) is 6.31. The summed E-state index contributed by atoms with van der Waals surface area (Å²) in [5.41, 5.74) is 2.58. The Balaban J connectivity index is 2.05. The molecule has 2 aromatic rings. The Labute approximate surface area is 126 Å². The second-order valence-electron chi connectivity index (χ2n) is 4.56. The number of benzene rings is 1. The Hall–Kier alpha value is -2.41. The van der Waals surface area contributed by atoms with E-state index < -0.39 is 4.92 Å². The summed E-state index contributed by atoms with van der Waals surface area (Å²) >= 11 is 1.15. The van der Waals surface area contributed by atoms with Crippen molar-refractivity contribution in [3.63, 3.8) is 0 Å². The van der Waals surface area contributed by atoms with Crippen LogP contribution in [0.4, 0.5) is 16.4 Å². The number of thiophene rings is 1. The lowest BCUT2D eigenvalue weighted by atomic mass is 10.1. The van der Waals surface area contributed by atoms with Crippen LogP contribution < -0.4 is 10.6 Å². The second-order valence-corrected chi connectivity index (χ2v) is 5.71. The lowest BCUT2D eigenvalue weighted by molar-refractivity contribution is -0.380. The molecule has 0 saturated carbocycles. The van der Waals surface area contributed by atoms with Crippen molar-refractivity contribution in [2.75, 3.05) is 10.6 Å². The molecule has 0 aliphatic heterocycles. The number of hydrogen-bond acceptors (Lipinski definition) is 5. The highest BCUT2D eigenvalue weighted by molar-refractivity contribution is 7.15. The van der Waals surface area contributed by atoms with Gasteiger partial charge in [0, 0.05) is 35.8 Å². The van der Waals surface area contributed by atoms with E-state index >= 15 is 0 Å². The third-order valence-electron chi connectivity index (χ3n) is 2.84. The minimum atomic E-state index is -0.394. The Kier molecular flexibility index (Phi) is 4.54. The summed E-state index contributed by atoms with van der Waals surface area (Å²) in [4.78, 5) is 22.2. The Morgan fingerprint density at radius 3 is 2.71 bits per heavy atom. The van der Waals surface area contributed by atoms with E-state index in [2.05, 4.69) is 10.6 Å². The fourth-order valence-corrected chi connectivity index (χ4v) is 2.56. The lowest BCUT2D eigenvalue weighted by Crippen LogP contribution is -2.07. The van der Waals surface area contributed by atoms with E-state index in [4.69, 9.17) is 0 Å². The van der Waals surface area contributed by atoms with Gasteiger partial charge in [0.25, 0.3) is 0 Å². The highest BCUT2D eigenvalue weighted by Gasteiger charge is 2.09. The molecule has 0 unspecified atom stereocenters. The molecule has 1 heterocycles. The van der Waals surface area contributed by atoms with Gasteiger partial charge in [-0.15, -0.1) is 0 Å². The van der Waals surface area contributed by atoms with Crippen molar-refractivity contribution in [3.05, 3.63) is 50.9 Å². The number of nitro groups is 1. The van der Waals surface area contributed by atoms with Gasteiger partial charge in [0.2, 0.25) is 5.91 Å². The van der Waals surface area contributed by atoms with Crippen LogP contribution in [0.2, 0.25) is 0 Å². The molecular formula is C14H15N3O3S. The number of nitrogens with one attached hydrogen (secondary N) is 2. The summed E-state index contributed by atoms with van der Waals surface area (Å²) in [5.74, 6) is -0.121. The number of hydrogen-bond donors (Lipinski definition) is 2. The van der Waals surface area contributed by atoms with Crippen LogP contribution in [-0.4, -0.2) is 10.8 Å². The zero-order valence-electron chi connectivity index (χ0n) is 11.7. The van der Waals surface area contributed by atoms with Crippen LogP contribution in [0.25, 0.3) is 0 Å². The zero-order chi connectivity index (χ0) is 15.4. The minimum absolute atomic E-state index is 0.121. The molecule has 21 heavy (non-hydrogen) atoms. The molecule has 0 spiro atoms. The largest absolute Gasteiger partial charge is 0.380 e. The maximum absolute atomic E-state index is 11.1. The maximum atomic E-state index is 11.1. The summed E-state index contributed by atoms with van der Waals surface area (Å²) in [6.07, 6.45) is 0. The van der Waals surface area contributed by atoms with E-state index in [9.17, 15) is 14.9 Å². The number of carbonyl (C=O) groups is 1. The fraction of sp³-hybridized carbons (Fsp3) is 0.214. The van der Waals surface area contributed by atoms with Gasteiger partial charge in [-0.25, -0.2) is 0 Å². The van der Waals surface area contributed by atoms with E-state index in [-0.39, 0.29) is 10.9 Å². The molecule has 0 radical (unpaired) electrons. The molecule has 0 aliphatic carbocycles. The van der Waals surface area contributed by atoms with Crippen molar-refractivity contribution >= 4 is 33.6 Å². The number of rotatable bonds is 5. The molecule has 6 nitrogen and oxygen atoms in total. The summed E-state index contributed by atoms with van der Waals surface area (Å²) in [7, 11) is 0. The Morgan fingerprint density at radius 1 is 1.33 bits per heavy atom. The SMILES string of the molecule is CC(=O)Nc1cc(NCc2ccc([N+](=O)[O-])s2)ccc1C. The number of anilines is 2. The molecular weight excluding hydrogens is 290 g/mol. The first-order chi connectivity index (χ1) is 9.95. The van der Waals surface area contributed by atoms with Crippen LogP contribution in [0.15, 0.2) is 30.3 Å². The van der Waals surface area contributed by atoms with E-state index in [1.165, 1.54) is 13.0 Å². The molecule has 0 saturated heterocycles. The molecule has 2 N–H and O–H groups in total. The first kappa shape index (κ1) is 15.0. The van der Waals surface area contributed by atoms with Gasteiger partial charge >= 0.3 is 5.00 Å². The smallest absolute Gasteiger partial charge is 0.324 e. The van der Waals surface area contributed by atoms with Crippen LogP contribution in [0.5, 0.6) is 0 Å². The number of nitrogens with zero attached hydrogens (tertiary/aromatic N) is 1. The van der Waals surface area contributed by atoms with Crippen LogP contribution in [-0.2, 0) is 11.3 Å². The molecule has 110 valence electrons. The highest BCUT2D eigenvalue weighted by Crippen LogP contribution is 2.25. The van der Waals surface area contributed by atoms with Crippen molar-refractivity contribution < 1.29 is 9.72 Å². The van der Waals surface area contributed by atoms with Crippen LogP contribution in [0.3, 0.4) is 0 Å². The monoisotopic (exact) mass is 305 g/mol. The van der Waals surface area contributed by atoms with Gasteiger partial charge in [0.05, 0.1) is 4.92 Å². The molecule has 0 bridgehead atoms. The van der Waals surface area contributed by atoms with E-state index in [1.54, 1.807) is 6.07 Å². The third-order valence-corrected chi connectivity index (χ3v) is 3.88. The van der Waals surface area contributed by atoms with E-state index in [0.29, 0.717) is 6.54 Å². The van der Waals surface area contributed by atoms with Crippen LogP contribution in [0.1, 0.15) is 17.4 Å². The van der Waals surface area contributed by atoms with Gasteiger partial charge in [0.15, 0.2) is 0 Å². The maximum Gasteiger partial charge on any atom is 0.324 e. The van der Waals surface area contributed by atoms with Crippen molar-refractivity contribution in [1.82, 2.24) is 0 Å². The second kappa shape index (κ2) is 6.36. The molecule has 0 atom stereocenters. The van der Waals surface area contributed by atoms with Crippen molar-refractivity contribution in [2.45, 2.75) is 20.4 Å². The zero-order valence-corrected chi connectivity index (χ0v) is 12.5. The Bertz CT molecular complexity index is 682. The van der Waals surface area contributed by atoms with E-state index in [1.807, 2.05) is 25.1 Å².